The van der Waals surface area contributed by atoms with Crippen LogP contribution < -0.4 is 9.47 Å². The lowest BCUT2D eigenvalue weighted by Crippen LogP contribution is -2.45. The molecule has 0 saturated carbocycles. The van der Waals surface area contributed by atoms with Gasteiger partial charge in [-0.05, 0) is 43.5 Å². The van der Waals surface area contributed by atoms with Crippen molar-refractivity contribution < 1.29 is 14.3 Å². The number of hydrogen-bond acceptors (Lipinski definition) is 3. The molecule has 2 rings (SSSR count). The number of ether oxygens (including phenoxy) is 2. The summed E-state index contributed by atoms with van der Waals surface area (Å²) in [5.74, 6) is 1.47. The Morgan fingerprint density at radius 3 is 2.24 bits per heavy atom. The van der Waals surface area contributed by atoms with E-state index >= 15 is 0 Å². The third-order valence-electron chi connectivity index (χ3n) is 4.02. The molecule has 1 aromatic rings. The smallest absolute Gasteiger partial charge is 0.320 e. The van der Waals surface area contributed by atoms with Gasteiger partial charge < -0.3 is 19.3 Å². The fourth-order valence-corrected chi connectivity index (χ4v) is 2.74. The average molecular weight is 292 g/mol. The molecule has 0 fully saturated rings. The molecule has 1 aliphatic heterocycles. The zero-order chi connectivity index (χ0) is 15.4. The average Bonchev–Trinajstić information content (AvgIpc) is 2.53. The van der Waals surface area contributed by atoms with Crippen molar-refractivity contribution in [1.29, 1.82) is 0 Å². The first kappa shape index (κ1) is 15.5. The van der Waals surface area contributed by atoms with Crippen LogP contribution in [-0.2, 0) is 13.0 Å². The maximum atomic E-state index is 12.4. The van der Waals surface area contributed by atoms with Crippen LogP contribution in [-0.4, -0.2) is 49.7 Å². The Balaban J connectivity index is 2.22. The number of methoxy groups -OCH3 is 2. The second-order valence-corrected chi connectivity index (χ2v) is 5.10. The minimum Gasteiger partial charge on any atom is -0.493 e. The molecule has 1 heterocycles. The Kier molecular flexibility index (Phi) is 4.94. The Hall–Kier alpha value is -1.91. The second-order valence-electron chi connectivity index (χ2n) is 5.10. The van der Waals surface area contributed by atoms with Crippen LogP contribution in [0.25, 0.3) is 0 Å². The van der Waals surface area contributed by atoms with Gasteiger partial charge in [0.15, 0.2) is 11.5 Å². The van der Waals surface area contributed by atoms with E-state index in [1.54, 1.807) is 14.2 Å². The van der Waals surface area contributed by atoms with Gasteiger partial charge in [0.1, 0.15) is 0 Å². The molecule has 1 aliphatic rings. The van der Waals surface area contributed by atoms with Gasteiger partial charge in [0.05, 0.1) is 14.2 Å². The van der Waals surface area contributed by atoms with E-state index in [4.69, 9.17) is 9.47 Å². The standard InChI is InChI=1S/C16H24N2O3/c1-5-17(6-2)16(19)18-8-7-12-9-14(20-3)15(21-4)10-13(12)11-18/h9-10H,5-8,11H2,1-4H3. The highest BCUT2D eigenvalue weighted by atomic mass is 16.5. The van der Waals surface area contributed by atoms with E-state index in [0.29, 0.717) is 12.3 Å². The van der Waals surface area contributed by atoms with Gasteiger partial charge in [0.25, 0.3) is 0 Å². The highest BCUT2D eigenvalue weighted by Crippen LogP contribution is 2.33. The molecule has 2 amide bonds. The van der Waals surface area contributed by atoms with Crippen LogP contribution >= 0.6 is 0 Å². The van der Waals surface area contributed by atoms with E-state index in [9.17, 15) is 4.79 Å². The maximum absolute atomic E-state index is 12.4. The van der Waals surface area contributed by atoms with Gasteiger partial charge in [0, 0.05) is 26.2 Å². The molecule has 0 aromatic heterocycles. The van der Waals surface area contributed by atoms with Crippen molar-refractivity contribution in [2.24, 2.45) is 0 Å². The van der Waals surface area contributed by atoms with Crippen LogP contribution in [0.3, 0.4) is 0 Å². The summed E-state index contributed by atoms with van der Waals surface area (Å²) >= 11 is 0. The van der Waals surface area contributed by atoms with E-state index < -0.39 is 0 Å². The van der Waals surface area contributed by atoms with Gasteiger partial charge in [-0.25, -0.2) is 4.79 Å². The second kappa shape index (κ2) is 6.70. The summed E-state index contributed by atoms with van der Waals surface area (Å²) in [6.45, 7) is 6.87. The fraction of sp³-hybridized carbons (Fsp3) is 0.562. The summed E-state index contributed by atoms with van der Waals surface area (Å²) in [6.07, 6.45) is 0.850. The number of benzene rings is 1. The predicted molar refractivity (Wildman–Crippen MR) is 82.0 cm³/mol. The lowest BCUT2D eigenvalue weighted by molar-refractivity contribution is 0.152. The molecule has 0 atom stereocenters. The van der Waals surface area contributed by atoms with Gasteiger partial charge in [-0.2, -0.15) is 0 Å². The third-order valence-corrected chi connectivity index (χ3v) is 4.02. The SMILES string of the molecule is CCN(CC)C(=O)N1CCc2cc(OC)c(OC)cc2C1. The molecule has 0 saturated heterocycles. The van der Waals surface area contributed by atoms with Crippen molar-refractivity contribution in [3.63, 3.8) is 0 Å². The molecular weight excluding hydrogens is 268 g/mol. The summed E-state index contributed by atoms with van der Waals surface area (Å²) in [7, 11) is 3.27. The lowest BCUT2D eigenvalue weighted by atomic mass is 9.99. The number of amides is 2. The van der Waals surface area contributed by atoms with Gasteiger partial charge in [-0.3, -0.25) is 0 Å². The molecule has 0 aliphatic carbocycles. The molecule has 5 heteroatoms. The van der Waals surface area contributed by atoms with Crippen LogP contribution in [0.15, 0.2) is 12.1 Å². The maximum Gasteiger partial charge on any atom is 0.320 e. The quantitative estimate of drug-likeness (QED) is 0.856. The molecule has 21 heavy (non-hydrogen) atoms. The summed E-state index contributed by atoms with van der Waals surface area (Å²) in [6, 6.07) is 4.11. The van der Waals surface area contributed by atoms with Crippen LogP contribution in [0.2, 0.25) is 0 Å². The molecule has 0 bridgehead atoms. The van der Waals surface area contributed by atoms with E-state index in [1.165, 1.54) is 5.56 Å². The van der Waals surface area contributed by atoms with Crippen molar-refractivity contribution in [1.82, 2.24) is 9.80 Å². The van der Waals surface area contributed by atoms with Crippen LogP contribution in [0.1, 0.15) is 25.0 Å². The Labute approximate surface area is 126 Å². The van der Waals surface area contributed by atoms with Crippen molar-refractivity contribution in [3.05, 3.63) is 23.3 Å². The zero-order valence-corrected chi connectivity index (χ0v) is 13.3. The van der Waals surface area contributed by atoms with Crippen molar-refractivity contribution in [2.45, 2.75) is 26.8 Å². The number of urea groups is 1. The van der Waals surface area contributed by atoms with Crippen molar-refractivity contribution in [3.8, 4) is 11.5 Å². The minimum absolute atomic E-state index is 0.112. The van der Waals surface area contributed by atoms with E-state index in [-0.39, 0.29) is 6.03 Å². The van der Waals surface area contributed by atoms with Crippen molar-refractivity contribution in [2.75, 3.05) is 33.9 Å². The first-order valence-corrected chi connectivity index (χ1v) is 7.42. The minimum atomic E-state index is 0.112. The molecule has 0 spiro atoms. The van der Waals surface area contributed by atoms with Gasteiger partial charge in [0.2, 0.25) is 0 Å². The first-order chi connectivity index (χ1) is 10.1. The number of carbonyl (C=O) groups excluding carboxylic acids is 1. The Bertz CT molecular complexity index is 512. The molecular formula is C16H24N2O3. The highest BCUT2D eigenvalue weighted by Gasteiger charge is 2.25. The topological polar surface area (TPSA) is 42.0 Å². The summed E-state index contributed by atoms with van der Waals surface area (Å²) in [5, 5.41) is 0. The van der Waals surface area contributed by atoms with Crippen LogP contribution in [0.4, 0.5) is 4.79 Å². The molecule has 1 aromatic carbocycles. The number of carbonyl (C=O) groups is 1. The Morgan fingerprint density at radius 2 is 1.71 bits per heavy atom. The molecule has 0 radical (unpaired) electrons. The van der Waals surface area contributed by atoms with Gasteiger partial charge in [-0.1, -0.05) is 0 Å². The number of nitrogens with zero attached hydrogens (tertiary/aromatic N) is 2. The third kappa shape index (κ3) is 3.06. The highest BCUT2D eigenvalue weighted by molar-refractivity contribution is 5.75. The summed E-state index contributed by atoms with van der Waals surface area (Å²) in [5.41, 5.74) is 2.37. The molecule has 116 valence electrons. The van der Waals surface area contributed by atoms with E-state index in [2.05, 4.69) is 0 Å². The normalized spacial score (nSPS) is 13.6. The van der Waals surface area contributed by atoms with Gasteiger partial charge in [-0.15, -0.1) is 0 Å². The summed E-state index contributed by atoms with van der Waals surface area (Å²) < 4.78 is 10.7. The monoisotopic (exact) mass is 292 g/mol. The number of hydrogen-bond donors (Lipinski definition) is 0. The van der Waals surface area contributed by atoms with E-state index in [1.807, 2.05) is 35.8 Å². The van der Waals surface area contributed by atoms with Crippen molar-refractivity contribution >= 4 is 6.03 Å². The molecule has 0 N–H and O–H groups in total. The van der Waals surface area contributed by atoms with Crippen LogP contribution in [0, 0.1) is 0 Å². The Morgan fingerprint density at radius 1 is 1.14 bits per heavy atom. The lowest BCUT2D eigenvalue weighted by Gasteiger charge is -2.33. The number of rotatable bonds is 4. The summed E-state index contributed by atoms with van der Waals surface area (Å²) in [4.78, 5) is 16.2. The molecule has 0 unspecified atom stereocenters. The number of fused-ring (bicyclic) bond motifs is 1. The molecule has 5 nitrogen and oxygen atoms in total. The van der Waals surface area contributed by atoms with Crippen LogP contribution in [0.5, 0.6) is 11.5 Å². The van der Waals surface area contributed by atoms with E-state index in [0.717, 1.165) is 37.4 Å². The first-order valence-electron chi connectivity index (χ1n) is 7.42. The predicted octanol–water partition coefficient (Wildman–Crippen LogP) is 2.52. The fourth-order valence-electron chi connectivity index (χ4n) is 2.74. The largest absolute Gasteiger partial charge is 0.493 e. The van der Waals surface area contributed by atoms with Gasteiger partial charge >= 0.3 is 6.03 Å². The zero-order valence-electron chi connectivity index (χ0n) is 13.3.